The third kappa shape index (κ3) is 3.64. The molecule has 1 aliphatic rings. The second-order valence-corrected chi connectivity index (χ2v) is 6.45. The number of nitrogens with zero attached hydrogens (tertiary/aromatic N) is 2. The molecule has 1 amide bonds. The molecule has 0 saturated heterocycles. The summed E-state index contributed by atoms with van der Waals surface area (Å²) >= 11 is 6.21. The molecule has 3 rings (SSSR count). The third-order valence-electron chi connectivity index (χ3n) is 4.55. The lowest BCUT2D eigenvalue weighted by Crippen LogP contribution is -2.42. The highest BCUT2D eigenvalue weighted by Crippen LogP contribution is 2.41. The fourth-order valence-electron chi connectivity index (χ4n) is 2.62. The summed E-state index contributed by atoms with van der Waals surface area (Å²) in [5, 5.41) is 9.53. The summed E-state index contributed by atoms with van der Waals surface area (Å²) in [6.07, 6.45) is 2.19. The van der Waals surface area contributed by atoms with Crippen LogP contribution in [0.4, 0.5) is 4.79 Å². The Bertz CT molecular complexity index is 775. The summed E-state index contributed by atoms with van der Waals surface area (Å²) in [4.78, 5) is 16.7. The second-order valence-electron chi connectivity index (χ2n) is 6.09. The van der Waals surface area contributed by atoms with E-state index in [1.165, 1.54) is 4.90 Å². The Morgan fingerprint density at radius 2 is 2.00 bits per heavy atom. The van der Waals surface area contributed by atoms with Crippen molar-refractivity contribution in [3.05, 3.63) is 41.7 Å². The van der Waals surface area contributed by atoms with E-state index >= 15 is 0 Å². The molecule has 7 heteroatoms. The quantitative estimate of drug-likeness (QED) is 0.788. The third-order valence-corrected chi connectivity index (χ3v) is 4.85. The number of carboxylic acid groups (broad SMARTS) is 1. The van der Waals surface area contributed by atoms with Crippen molar-refractivity contribution < 1.29 is 19.4 Å². The van der Waals surface area contributed by atoms with Gasteiger partial charge >= 0.3 is 6.09 Å². The van der Waals surface area contributed by atoms with E-state index < -0.39 is 11.6 Å². The fraction of sp³-hybridized carbons (Fsp3) is 0.333. The van der Waals surface area contributed by atoms with Gasteiger partial charge in [0.1, 0.15) is 23.3 Å². The summed E-state index contributed by atoms with van der Waals surface area (Å²) in [7, 11) is 3.18. The van der Waals surface area contributed by atoms with Crippen molar-refractivity contribution in [2.24, 2.45) is 0 Å². The topological polar surface area (TPSA) is 71.9 Å². The molecule has 1 aromatic heterocycles. The van der Waals surface area contributed by atoms with Crippen molar-refractivity contribution in [1.29, 1.82) is 0 Å². The molecule has 0 aliphatic heterocycles. The fourth-order valence-corrected chi connectivity index (χ4v) is 2.83. The van der Waals surface area contributed by atoms with Gasteiger partial charge in [-0.05, 0) is 36.6 Å². The highest BCUT2D eigenvalue weighted by atomic mass is 35.5. The molecule has 1 aliphatic carbocycles. The van der Waals surface area contributed by atoms with Crippen LogP contribution in [0.5, 0.6) is 11.5 Å². The molecule has 1 heterocycles. The van der Waals surface area contributed by atoms with Crippen LogP contribution in [0.1, 0.15) is 12.8 Å². The predicted molar refractivity (Wildman–Crippen MR) is 94.5 cm³/mol. The number of hydrogen-bond donors (Lipinski definition) is 1. The number of rotatable bonds is 6. The summed E-state index contributed by atoms with van der Waals surface area (Å²) in [6, 6.07) is 9.30. The van der Waals surface area contributed by atoms with Gasteiger partial charge in [0.15, 0.2) is 0 Å². The molecule has 1 N–H and O–H groups in total. The van der Waals surface area contributed by atoms with Crippen LogP contribution in [-0.2, 0) is 0 Å². The molecule has 0 unspecified atom stereocenters. The molecule has 2 aromatic rings. The van der Waals surface area contributed by atoms with Crippen LogP contribution in [0.3, 0.4) is 0 Å². The zero-order chi connectivity index (χ0) is 18.0. The minimum absolute atomic E-state index is 0.293. The average Bonchev–Trinajstić information content (AvgIpc) is 3.41. The van der Waals surface area contributed by atoms with Gasteiger partial charge < -0.3 is 19.5 Å². The van der Waals surface area contributed by atoms with E-state index in [2.05, 4.69) is 4.98 Å². The van der Waals surface area contributed by atoms with Gasteiger partial charge in [0, 0.05) is 12.6 Å². The van der Waals surface area contributed by atoms with E-state index in [1.54, 1.807) is 20.4 Å². The maximum atomic E-state index is 11.2. The summed E-state index contributed by atoms with van der Waals surface area (Å²) in [6.45, 7) is 0.293. The lowest BCUT2D eigenvalue weighted by Gasteiger charge is -2.25. The highest BCUT2D eigenvalue weighted by Gasteiger charge is 2.49. The van der Waals surface area contributed by atoms with E-state index in [1.807, 2.05) is 30.3 Å². The van der Waals surface area contributed by atoms with Gasteiger partial charge in [0.2, 0.25) is 0 Å². The molecule has 132 valence electrons. The van der Waals surface area contributed by atoms with Crippen molar-refractivity contribution in [2.75, 3.05) is 20.8 Å². The zero-order valence-electron chi connectivity index (χ0n) is 14.0. The van der Waals surface area contributed by atoms with Gasteiger partial charge in [-0.15, -0.1) is 0 Å². The number of likely N-dealkylation sites (N-methyl/N-ethyl adjacent to an activating group) is 1. The Labute approximate surface area is 151 Å². The molecule has 6 nitrogen and oxygen atoms in total. The van der Waals surface area contributed by atoms with Gasteiger partial charge in [0.25, 0.3) is 0 Å². The van der Waals surface area contributed by atoms with Crippen molar-refractivity contribution in [3.63, 3.8) is 0 Å². The Morgan fingerprint density at radius 3 is 2.56 bits per heavy atom. The Hall–Kier alpha value is -2.47. The lowest BCUT2D eigenvalue weighted by atomic mass is 10.1. The van der Waals surface area contributed by atoms with Crippen LogP contribution >= 0.6 is 11.6 Å². The predicted octanol–water partition coefficient (Wildman–Crippen LogP) is 3.93. The van der Waals surface area contributed by atoms with Crippen molar-refractivity contribution in [2.45, 2.75) is 18.4 Å². The minimum Gasteiger partial charge on any atom is -0.497 e. The largest absolute Gasteiger partial charge is 0.497 e. The number of benzene rings is 1. The van der Waals surface area contributed by atoms with Gasteiger partial charge in [-0.1, -0.05) is 23.7 Å². The SMILES string of the molecule is COc1ccc(-c2cc(OCC3(N(C)C(=O)O)CC3)cnc2Cl)cc1. The summed E-state index contributed by atoms with van der Waals surface area (Å²) < 4.78 is 11.0. The minimum atomic E-state index is -0.950. The number of halogens is 1. The van der Waals surface area contributed by atoms with Crippen molar-refractivity contribution >= 4 is 17.7 Å². The van der Waals surface area contributed by atoms with Crippen LogP contribution in [-0.4, -0.2) is 47.4 Å². The first kappa shape index (κ1) is 17.4. The number of carbonyl (C=O) groups is 1. The maximum Gasteiger partial charge on any atom is 0.407 e. The normalized spacial score (nSPS) is 14.7. The van der Waals surface area contributed by atoms with Crippen LogP contribution in [0.25, 0.3) is 11.1 Å². The van der Waals surface area contributed by atoms with Crippen LogP contribution < -0.4 is 9.47 Å². The molecular weight excluding hydrogens is 344 g/mol. The molecule has 25 heavy (non-hydrogen) atoms. The van der Waals surface area contributed by atoms with E-state index in [0.717, 1.165) is 29.7 Å². The number of ether oxygens (including phenoxy) is 2. The number of hydrogen-bond acceptors (Lipinski definition) is 4. The van der Waals surface area contributed by atoms with Gasteiger partial charge in [-0.2, -0.15) is 0 Å². The lowest BCUT2D eigenvalue weighted by molar-refractivity contribution is 0.109. The second kappa shape index (κ2) is 6.80. The van der Waals surface area contributed by atoms with Gasteiger partial charge in [-0.25, -0.2) is 9.78 Å². The van der Waals surface area contributed by atoms with E-state index in [4.69, 9.17) is 26.2 Å². The van der Waals surface area contributed by atoms with Gasteiger partial charge in [0.05, 0.1) is 18.8 Å². The first-order valence-corrected chi connectivity index (χ1v) is 8.22. The van der Waals surface area contributed by atoms with Crippen LogP contribution in [0, 0.1) is 0 Å². The first-order chi connectivity index (χ1) is 11.9. The standard InChI is InChI=1S/C18H19ClN2O4/c1-21(17(22)23)18(7-8-18)11-25-14-9-15(16(19)20-10-14)12-3-5-13(24-2)6-4-12/h3-6,9-10H,7-8,11H2,1-2H3,(H,22,23). The Balaban J connectivity index is 1.76. The number of amides is 1. The van der Waals surface area contributed by atoms with E-state index in [0.29, 0.717) is 17.5 Å². The van der Waals surface area contributed by atoms with Crippen LogP contribution in [0.2, 0.25) is 5.15 Å². The Morgan fingerprint density at radius 1 is 1.32 bits per heavy atom. The van der Waals surface area contributed by atoms with E-state index in [9.17, 15) is 4.79 Å². The molecule has 0 radical (unpaired) electrons. The maximum absolute atomic E-state index is 11.2. The average molecular weight is 363 g/mol. The Kier molecular flexibility index (Phi) is 4.72. The first-order valence-electron chi connectivity index (χ1n) is 7.85. The zero-order valence-corrected chi connectivity index (χ0v) is 14.8. The summed E-state index contributed by atoms with van der Waals surface area (Å²) in [5.74, 6) is 1.31. The van der Waals surface area contributed by atoms with Crippen molar-refractivity contribution in [1.82, 2.24) is 9.88 Å². The number of methoxy groups -OCH3 is 1. The number of aromatic nitrogens is 1. The monoisotopic (exact) mass is 362 g/mol. The molecule has 1 fully saturated rings. The van der Waals surface area contributed by atoms with Crippen LogP contribution in [0.15, 0.2) is 36.5 Å². The molecular formula is C18H19ClN2O4. The molecule has 1 saturated carbocycles. The number of pyridine rings is 1. The smallest absolute Gasteiger partial charge is 0.407 e. The molecule has 1 aromatic carbocycles. The van der Waals surface area contributed by atoms with E-state index in [-0.39, 0.29) is 0 Å². The molecule has 0 spiro atoms. The van der Waals surface area contributed by atoms with Crippen molar-refractivity contribution in [3.8, 4) is 22.6 Å². The molecule has 0 atom stereocenters. The summed E-state index contributed by atoms with van der Waals surface area (Å²) in [5.41, 5.74) is 1.21. The highest BCUT2D eigenvalue weighted by molar-refractivity contribution is 6.32. The van der Waals surface area contributed by atoms with Gasteiger partial charge in [-0.3, -0.25) is 0 Å². The molecule has 0 bridgehead atoms.